The normalized spacial score (nSPS) is 15.0. The lowest BCUT2D eigenvalue weighted by Gasteiger charge is -2.36. The second kappa shape index (κ2) is 10.1. The largest absolute Gasteiger partial charge is 0.497 e. The summed E-state index contributed by atoms with van der Waals surface area (Å²) < 4.78 is 11.4. The second-order valence-corrected chi connectivity index (χ2v) is 9.04. The monoisotopic (exact) mass is 443 g/mol. The van der Waals surface area contributed by atoms with Crippen molar-refractivity contribution in [3.63, 3.8) is 0 Å². The van der Waals surface area contributed by atoms with Gasteiger partial charge in [-0.3, -0.25) is 4.79 Å². The van der Waals surface area contributed by atoms with Crippen molar-refractivity contribution in [3.05, 3.63) is 89.0 Å². The Balaban J connectivity index is 1.54. The first kappa shape index (κ1) is 22.9. The summed E-state index contributed by atoms with van der Waals surface area (Å²) >= 11 is 0. The first-order chi connectivity index (χ1) is 16.0. The highest BCUT2D eigenvalue weighted by Gasteiger charge is 2.41. The summed E-state index contributed by atoms with van der Waals surface area (Å²) in [6.07, 6.45) is 5.02. The summed E-state index contributed by atoms with van der Waals surface area (Å²) in [7, 11) is 1.66. The molecule has 1 amide bonds. The fraction of sp³-hybridized carbons (Fsp3) is 0.345. The van der Waals surface area contributed by atoms with Crippen LogP contribution in [-0.4, -0.2) is 13.0 Å². The Morgan fingerprint density at radius 3 is 2.15 bits per heavy atom. The SMILES string of the molecule is COc1ccc(C2(C(=O)Nc3cc(C)c(OCc4ccccc4)c(C)c3)CCCCC2)cc1. The third-order valence-corrected chi connectivity index (χ3v) is 6.73. The van der Waals surface area contributed by atoms with Crippen LogP contribution in [0.3, 0.4) is 0 Å². The van der Waals surface area contributed by atoms with E-state index >= 15 is 0 Å². The van der Waals surface area contributed by atoms with Crippen LogP contribution >= 0.6 is 0 Å². The minimum absolute atomic E-state index is 0.0733. The van der Waals surface area contributed by atoms with Gasteiger partial charge < -0.3 is 14.8 Å². The van der Waals surface area contributed by atoms with Crippen LogP contribution in [0.25, 0.3) is 0 Å². The maximum Gasteiger partial charge on any atom is 0.235 e. The van der Waals surface area contributed by atoms with E-state index < -0.39 is 5.41 Å². The Kier molecular flexibility index (Phi) is 7.02. The molecular weight excluding hydrogens is 410 g/mol. The molecule has 4 heteroatoms. The quantitative estimate of drug-likeness (QED) is 0.440. The van der Waals surface area contributed by atoms with E-state index in [1.165, 1.54) is 6.42 Å². The lowest BCUT2D eigenvalue weighted by molar-refractivity contribution is -0.122. The Bertz CT molecular complexity index is 1060. The third-order valence-electron chi connectivity index (χ3n) is 6.73. The topological polar surface area (TPSA) is 47.6 Å². The van der Waals surface area contributed by atoms with Gasteiger partial charge in [0, 0.05) is 5.69 Å². The zero-order chi connectivity index (χ0) is 23.3. The molecule has 3 aromatic rings. The molecule has 0 radical (unpaired) electrons. The van der Waals surface area contributed by atoms with Gasteiger partial charge in [-0.25, -0.2) is 0 Å². The zero-order valence-corrected chi connectivity index (χ0v) is 19.8. The number of benzene rings is 3. The van der Waals surface area contributed by atoms with Crippen LogP contribution in [-0.2, 0) is 16.8 Å². The molecule has 33 heavy (non-hydrogen) atoms. The predicted molar refractivity (Wildman–Crippen MR) is 133 cm³/mol. The average Bonchev–Trinajstić information content (AvgIpc) is 2.84. The molecule has 0 aromatic heterocycles. The maximum atomic E-state index is 13.7. The van der Waals surface area contributed by atoms with E-state index in [0.29, 0.717) is 6.61 Å². The van der Waals surface area contributed by atoms with Gasteiger partial charge in [-0.15, -0.1) is 0 Å². The highest BCUT2D eigenvalue weighted by atomic mass is 16.5. The van der Waals surface area contributed by atoms with Crippen molar-refractivity contribution in [2.45, 2.75) is 58.0 Å². The summed E-state index contributed by atoms with van der Waals surface area (Å²) in [5.74, 6) is 1.76. The third kappa shape index (κ3) is 5.05. The molecule has 172 valence electrons. The highest BCUT2D eigenvalue weighted by Crippen LogP contribution is 2.41. The summed E-state index contributed by atoms with van der Waals surface area (Å²) in [5.41, 5.74) is 4.55. The van der Waals surface area contributed by atoms with E-state index in [-0.39, 0.29) is 5.91 Å². The lowest BCUT2D eigenvalue weighted by Crippen LogP contribution is -2.42. The van der Waals surface area contributed by atoms with Gasteiger partial charge in [0.25, 0.3) is 0 Å². The highest BCUT2D eigenvalue weighted by molar-refractivity contribution is 5.99. The van der Waals surface area contributed by atoms with Gasteiger partial charge >= 0.3 is 0 Å². The number of aryl methyl sites for hydroxylation is 2. The fourth-order valence-electron chi connectivity index (χ4n) is 4.94. The number of methoxy groups -OCH3 is 1. The van der Waals surface area contributed by atoms with Crippen molar-refractivity contribution in [1.29, 1.82) is 0 Å². The molecular formula is C29H33NO3. The Labute approximate surface area is 196 Å². The number of amides is 1. The van der Waals surface area contributed by atoms with Gasteiger partial charge in [0.05, 0.1) is 12.5 Å². The van der Waals surface area contributed by atoms with E-state index in [4.69, 9.17) is 9.47 Å². The summed E-state index contributed by atoms with van der Waals surface area (Å²) in [6.45, 7) is 4.58. The number of hydrogen-bond acceptors (Lipinski definition) is 3. The van der Waals surface area contributed by atoms with E-state index in [9.17, 15) is 4.79 Å². The zero-order valence-electron chi connectivity index (χ0n) is 19.8. The lowest BCUT2D eigenvalue weighted by atomic mass is 9.68. The Hall–Kier alpha value is -3.27. The minimum Gasteiger partial charge on any atom is -0.497 e. The number of rotatable bonds is 7. The van der Waals surface area contributed by atoms with Crippen LogP contribution in [0.1, 0.15) is 54.4 Å². The number of ether oxygens (including phenoxy) is 2. The van der Waals surface area contributed by atoms with Crippen molar-refractivity contribution in [2.24, 2.45) is 0 Å². The molecule has 1 fully saturated rings. The summed E-state index contributed by atoms with van der Waals surface area (Å²) in [5, 5.41) is 3.24. The molecule has 1 N–H and O–H groups in total. The van der Waals surface area contributed by atoms with E-state index in [1.54, 1.807) is 7.11 Å². The molecule has 0 spiro atoms. The number of carbonyl (C=O) groups is 1. The van der Waals surface area contributed by atoms with Gasteiger partial charge in [0.15, 0.2) is 0 Å². The molecule has 0 bridgehead atoms. The summed E-state index contributed by atoms with van der Waals surface area (Å²) in [4.78, 5) is 13.7. The number of anilines is 1. The van der Waals surface area contributed by atoms with Crippen molar-refractivity contribution >= 4 is 11.6 Å². The number of hydrogen-bond donors (Lipinski definition) is 1. The van der Waals surface area contributed by atoms with Crippen molar-refractivity contribution in [3.8, 4) is 11.5 Å². The van der Waals surface area contributed by atoms with Crippen molar-refractivity contribution in [2.75, 3.05) is 12.4 Å². The minimum atomic E-state index is -0.505. The first-order valence-corrected chi connectivity index (χ1v) is 11.8. The molecule has 0 heterocycles. The molecule has 1 saturated carbocycles. The maximum absolute atomic E-state index is 13.7. The van der Waals surface area contributed by atoms with Crippen LogP contribution in [0.2, 0.25) is 0 Å². The first-order valence-electron chi connectivity index (χ1n) is 11.8. The standard InChI is InChI=1S/C29H33NO3/c1-21-18-25(19-22(2)27(21)33-20-23-10-6-4-7-11-23)30-28(31)29(16-8-5-9-17-29)24-12-14-26(32-3)15-13-24/h4,6-7,10-15,18-19H,5,8-9,16-17,20H2,1-3H3,(H,30,31). The van der Waals surface area contributed by atoms with Crippen LogP contribution in [0.5, 0.6) is 11.5 Å². The van der Waals surface area contributed by atoms with Crippen LogP contribution in [0.4, 0.5) is 5.69 Å². The van der Waals surface area contributed by atoms with Gasteiger partial charge in [-0.2, -0.15) is 0 Å². The van der Waals surface area contributed by atoms with Crippen molar-refractivity contribution < 1.29 is 14.3 Å². The second-order valence-electron chi connectivity index (χ2n) is 9.04. The average molecular weight is 444 g/mol. The molecule has 3 aromatic carbocycles. The van der Waals surface area contributed by atoms with Gasteiger partial charge in [-0.05, 0) is 73.2 Å². The number of nitrogens with one attached hydrogen (secondary N) is 1. The molecule has 0 unspecified atom stereocenters. The van der Waals surface area contributed by atoms with Gasteiger partial charge in [0.1, 0.15) is 18.1 Å². The fourth-order valence-corrected chi connectivity index (χ4v) is 4.94. The Morgan fingerprint density at radius 2 is 1.55 bits per heavy atom. The van der Waals surface area contributed by atoms with Gasteiger partial charge in [-0.1, -0.05) is 61.7 Å². The summed E-state index contributed by atoms with van der Waals surface area (Å²) in [6, 6.07) is 22.2. The smallest absolute Gasteiger partial charge is 0.235 e. The molecule has 4 nitrogen and oxygen atoms in total. The van der Waals surface area contributed by atoms with E-state index in [2.05, 4.69) is 17.4 Å². The molecule has 0 saturated heterocycles. The van der Waals surface area contributed by atoms with Crippen LogP contribution in [0.15, 0.2) is 66.7 Å². The molecule has 0 atom stereocenters. The number of carbonyl (C=O) groups excluding carboxylic acids is 1. The van der Waals surface area contributed by atoms with Gasteiger partial charge in [0.2, 0.25) is 5.91 Å². The van der Waals surface area contributed by atoms with Crippen LogP contribution in [0, 0.1) is 13.8 Å². The Morgan fingerprint density at radius 1 is 0.909 bits per heavy atom. The predicted octanol–water partition coefficient (Wildman–Crippen LogP) is 6.73. The van der Waals surface area contributed by atoms with E-state index in [1.807, 2.05) is 68.4 Å². The molecule has 1 aliphatic rings. The molecule has 4 rings (SSSR count). The van der Waals surface area contributed by atoms with E-state index in [0.717, 1.165) is 65.1 Å². The van der Waals surface area contributed by atoms with Crippen molar-refractivity contribution in [1.82, 2.24) is 0 Å². The van der Waals surface area contributed by atoms with Crippen LogP contribution < -0.4 is 14.8 Å². The molecule has 0 aliphatic heterocycles. The molecule has 1 aliphatic carbocycles.